The topological polar surface area (TPSA) is 100.0 Å². The predicted molar refractivity (Wildman–Crippen MR) is 103 cm³/mol. The smallest absolute Gasteiger partial charge is 0.292 e. The van der Waals surface area contributed by atoms with Crippen LogP contribution in [0.15, 0.2) is 22.6 Å². The number of nitrogens with one attached hydrogen (secondary N) is 1. The van der Waals surface area contributed by atoms with Crippen LogP contribution >= 0.6 is 23.6 Å². The minimum Gasteiger partial charge on any atom is -0.622 e. The van der Waals surface area contributed by atoms with Crippen molar-refractivity contribution in [2.75, 3.05) is 0 Å². The number of hydroxylamine groups is 3. The highest BCUT2D eigenvalue weighted by Crippen LogP contribution is 2.42. The molecule has 3 rings (SSSR count). The zero-order valence-corrected chi connectivity index (χ0v) is 16.0. The van der Waals surface area contributed by atoms with Gasteiger partial charge in [-0.2, -0.15) is 9.84 Å². The minimum atomic E-state index is -1.24. The van der Waals surface area contributed by atoms with Gasteiger partial charge in [0.1, 0.15) is 11.3 Å². The molecule has 4 N–H and O–H groups in total. The molecule has 0 saturated heterocycles. The molecule has 1 atom stereocenters. The van der Waals surface area contributed by atoms with Crippen LogP contribution in [0.3, 0.4) is 0 Å². The molecule has 2 heterocycles. The normalized spacial score (nSPS) is 28.5. The summed E-state index contributed by atoms with van der Waals surface area (Å²) in [5, 5.41) is 32.1. The lowest BCUT2D eigenvalue weighted by Gasteiger charge is -2.35. The van der Waals surface area contributed by atoms with Gasteiger partial charge < -0.3 is 16.1 Å². The van der Waals surface area contributed by atoms with Crippen molar-refractivity contribution in [2.45, 2.75) is 57.2 Å². The van der Waals surface area contributed by atoms with Crippen molar-refractivity contribution >= 4 is 40.1 Å². The molecule has 2 aliphatic rings. The number of thiophene rings is 1. The van der Waals surface area contributed by atoms with E-state index in [-0.39, 0.29) is 5.11 Å². The number of nitrogens with zero attached hydrogens (tertiary/aromatic N) is 3. The van der Waals surface area contributed by atoms with Gasteiger partial charge in [0, 0.05) is 6.42 Å². The molecule has 0 bridgehead atoms. The number of hydrogen-bond donors (Lipinski definition) is 3. The van der Waals surface area contributed by atoms with Crippen molar-refractivity contribution in [3.8, 4) is 0 Å². The van der Waals surface area contributed by atoms with Gasteiger partial charge in [-0.25, -0.2) is 0 Å². The second-order valence-electron chi connectivity index (χ2n) is 6.90. The summed E-state index contributed by atoms with van der Waals surface area (Å²) >= 11 is 6.33. The van der Waals surface area contributed by atoms with Crippen LogP contribution in [-0.4, -0.2) is 42.7 Å². The van der Waals surface area contributed by atoms with Crippen LogP contribution in [0.2, 0.25) is 0 Å². The Hall–Kier alpha value is -1.55. The van der Waals surface area contributed by atoms with Crippen molar-refractivity contribution in [2.24, 2.45) is 10.8 Å². The maximum absolute atomic E-state index is 13.5. The fourth-order valence-electron chi connectivity index (χ4n) is 3.80. The highest BCUT2D eigenvalue weighted by Gasteiger charge is 2.65. The Bertz CT molecular complexity index is 729. The monoisotopic (exact) mass is 381 g/mol. The van der Waals surface area contributed by atoms with E-state index < -0.39 is 11.2 Å². The lowest BCUT2D eigenvalue weighted by molar-refractivity contribution is -0.567. The van der Waals surface area contributed by atoms with E-state index in [9.17, 15) is 10.4 Å². The standard InChI is InChI=1S/C16H23N5O2S2/c1-15(2)13(11-7-6-10-25-11)20(22)16(21(15)23)9-5-3-4-8-12(16)18-19-14(17)24/h6-7,10,23H,3-5,8-9H2,1-2H3,(H3,17,19,24)/b18-12-/t16-/m0/s1. The summed E-state index contributed by atoms with van der Waals surface area (Å²) in [6.07, 6.45) is 3.79. The number of hydrogen-bond acceptors (Lipinski definition) is 6. The number of rotatable bonds is 2. The molecule has 0 unspecified atom stereocenters. The molecule has 1 fully saturated rings. The van der Waals surface area contributed by atoms with Gasteiger partial charge in [-0.1, -0.05) is 12.5 Å². The molecule has 0 amide bonds. The highest BCUT2D eigenvalue weighted by molar-refractivity contribution is 7.80. The summed E-state index contributed by atoms with van der Waals surface area (Å²) in [5.41, 5.74) is 7.13. The van der Waals surface area contributed by atoms with E-state index in [1.807, 2.05) is 31.4 Å². The maximum Gasteiger partial charge on any atom is 0.292 e. The van der Waals surface area contributed by atoms with Crippen LogP contribution in [-0.2, 0) is 0 Å². The molecule has 9 heteroatoms. The first-order valence-electron chi connectivity index (χ1n) is 8.32. The van der Waals surface area contributed by atoms with E-state index in [2.05, 4.69) is 10.5 Å². The van der Waals surface area contributed by atoms with E-state index in [0.29, 0.717) is 24.3 Å². The van der Waals surface area contributed by atoms with Crippen LogP contribution in [0.5, 0.6) is 0 Å². The van der Waals surface area contributed by atoms with E-state index in [0.717, 1.165) is 28.9 Å². The van der Waals surface area contributed by atoms with Gasteiger partial charge >= 0.3 is 0 Å². The van der Waals surface area contributed by atoms with E-state index in [4.69, 9.17) is 18.0 Å². The van der Waals surface area contributed by atoms with Gasteiger partial charge in [0.25, 0.3) is 5.66 Å². The Balaban J connectivity index is 2.19. The SMILES string of the molecule is CC1(C)C(c2cccs2)=[N+]([O-])[C@@]2(CCCCC/C2=N/NC(N)=S)N1O. The number of hydrazone groups is 1. The Kier molecular flexibility index (Phi) is 4.84. The quantitative estimate of drug-likeness (QED) is 0.315. The van der Waals surface area contributed by atoms with Crippen molar-refractivity contribution in [3.05, 3.63) is 27.6 Å². The average molecular weight is 382 g/mol. The summed E-state index contributed by atoms with van der Waals surface area (Å²) in [6.45, 7) is 3.70. The summed E-state index contributed by atoms with van der Waals surface area (Å²) in [7, 11) is 0. The highest BCUT2D eigenvalue weighted by atomic mass is 32.1. The molecule has 7 nitrogen and oxygen atoms in total. The lowest BCUT2D eigenvalue weighted by Crippen LogP contribution is -2.59. The summed E-state index contributed by atoms with van der Waals surface area (Å²) in [6, 6.07) is 3.81. The van der Waals surface area contributed by atoms with Crippen LogP contribution in [0.25, 0.3) is 0 Å². The van der Waals surface area contributed by atoms with Gasteiger partial charge in [-0.15, -0.1) is 16.4 Å². The summed E-state index contributed by atoms with van der Waals surface area (Å²) < 4.78 is 0.949. The fraction of sp³-hybridized carbons (Fsp3) is 0.562. The first-order valence-corrected chi connectivity index (χ1v) is 9.61. The zero-order chi connectivity index (χ0) is 18.2. The third kappa shape index (κ3) is 2.84. The Morgan fingerprint density at radius 3 is 2.88 bits per heavy atom. The molecular weight excluding hydrogens is 358 g/mol. The zero-order valence-electron chi connectivity index (χ0n) is 14.4. The second-order valence-corrected chi connectivity index (χ2v) is 8.29. The Labute approximate surface area is 156 Å². The van der Waals surface area contributed by atoms with Crippen LogP contribution in [0.1, 0.15) is 50.8 Å². The third-order valence-electron chi connectivity index (χ3n) is 4.96. The van der Waals surface area contributed by atoms with Gasteiger partial charge in [0.2, 0.25) is 5.71 Å². The molecular formula is C16H23N5O2S2. The Morgan fingerprint density at radius 2 is 2.24 bits per heavy atom. The molecule has 0 radical (unpaired) electrons. The van der Waals surface area contributed by atoms with E-state index in [1.54, 1.807) is 0 Å². The largest absolute Gasteiger partial charge is 0.622 e. The molecule has 1 saturated carbocycles. The lowest BCUT2D eigenvalue weighted by atomic mass is 9.94. The Morgan fingerprint density at radius 1 is 1.48 bits per heavy atom. The van der Waals surface area contributed by atoms with Gasteiger partial charge in [0.15, 0.2) is 5.11 Å². The first kappa shape index (κ1) is 18.2. The van der Waals surface area contributed by atoms with Crippen molar-refractivity contribution < 1.29 is 9.95 Å². The van der Waals surface area contributed by atoms with Crippen LogP contribution in [0, 0.1) is 5.21 Å². The van der Waals surface area contributed by atoms with Crippen molar-refractivity contribution in [1.29, 1.82) is 0 Å². The number of thiocarbonyl (C=S) groups is 1. The predicted octanol–water partition coefficient (Wildman–Crippen LogP) is 2.38. The molecule has 136 valence electrons. The third-order valence-corrected chi connectivity index (χ3v) is 5.92. The minimum absolute atomic E-state index is 0.0357. The van der Waals surface area contributed by atoms with Gasteiger partial charge in [-0.3, -0.25) is 5.43 Å². The average Bonchev–Trinajstić information content (AvgIpc) is 3.02. The van der Waals surface area contributed by atoms with Crippen LogP contribution < -0.4 is 11.2 Å². The van der Waals surface area contributed by atoms with Crippen LogP contribution in [0.4, 0.5) is 0 Å². The second kappa shape index (κ2) is 6.64. The van der Waals surface area contributed by atoms with Gasteiger partial charge in [-0.05, 0) is 56.8 Å². The molecule has 0 aromatic carbocycles. The maximum atomic E-state index is 13.5. The fourth-order valence-corrected chi connectivity index (χ4v) is 4.75. The summed E-state index contributed by atoms with van der Waals surface area (Å²) in [5.74, 6) is 0. The van der Waals surface area contributed by atoms with E-state index >= 15 is 0 Å². The molecule has 1 spiro atoms. The summed E-state index contributed by atoms with van der Waals surface area (Å²) in [4.78, 5) is 0.849. The van der Waals surface area contributed by atoms with Crippen molar-refractivity contribution in [1.82, 2.24) is 10.5 Å². The first-order chi connectivity index (χ1) is 11.8. The van der Waals surface area contributed by atoms with Gasteiger partial charge in [0.05, 0.1) is 4.88 Å². The molecule has 1 aromatic heterocycles. The molecule has 1 aliphatic carbocycles. The molecule has 1 aliphatic heterocycles. The van der Waals surface area contributed by atoms with E-state index in [1.165, 1.54) is 16.4 Å². The van der Waals surface area contributed by atoms with Crippen molar-refractivity contribution in [3.63, 3.8) is 0 Å². The molecule has 1 aromatic rings. The number of nitrogens with two attached hydrogens (primary N) is 1. The molecule has 25 heavy (non-hydrogen) atoms.